The summed E-state index contributed by atoms with van der Waals surface area (Å²) in [6, 6.07) is 34.3. The Morgan fingerprint density at radius 1 is 0.500 bits per heavy atom. The summed E-state index contributed by atoms with van der Waals surface area (Å²) in [6.07, 6.45) is 5.19. The molecule has 0 atom stereocenters. The fourth-order valence-corrected chi connectivity index (χ4v) is 3.17. The number of para-hydroxylation sites is 1. The Morgan fingerprint density at radius 2 is 0.816 bits per heavy atom. The molecular weight excluding hydrogens is 550 g/mol. The van der Waals surface area contributed by atoms with Crippen molar-refractivity contribution in [1.82, 2.24) is 30.6 Å². The van der Waals surface area contributed by atoms with E-state index in [0.29, 0.717) is 5.75 Å². The van der Waals surface area contributed by atoms with Gasteiger partial charge in [-0.2, -0.15) is 64.5 Å². The molecule has 0 amide bonds. The third-order valence-electron chi connectivity index (χ3n) is 4.94. The SMILES string of the molecule is Oc1ccccc1.[CH2-]c1ccccc1.[CH2-]c1ccccc1.[Zr+2].c1cc(B(c2ccn[nH]2)c2ccn[nH]2)[nH]n1. The third kappa shape index (κ3) is 10.8. The van der Waals surface area contributed by atoms with Gasteiger partial charge in [-0.15, -0.1) is 24.3 Å². The largest absolute Gasteiger partial charge is 2.00 e. The molecule has 0 bridgehead atoms. The summed E-state index contributed by atoms with van der Waals surface area (Å²) in [6.45, 7) is 7.48. The molecule has 4 N–H and O–H groups in total. The van der Waals surface area contributed by atoms with Crippen LogP contribution in [0.2, 0.25) is 0 Å². The van der Waals surface area contributed by atoms with E-state index < -0.39 is 0 Å². The maximum Gasteiger partial charge on any atom is 2.00 e. The second-order valence-electron chi connectivity index (χ2n) is 7.78. The van der Waals surface area contributed by atoms with Crippen molar-refractivity contribution in [3.63, 3.8) is 0 Å². The van der Waals surface area contributed by atoms with E-state index in [1.165, 1.54) is 0 Å². The molecule has 6 rings (SSSR count). The first-order valence-electron chi connectivity index (χ1n) is 11.6. The second-order valence-corrected chi connectivity index (χ2v) is 7.78. The third-order valence-corrected chi connectivity index (χ3v) is 4.94. The summed E-state index contributed by atoms with van der Waals surface area (Å²) in [5, 5.41) is 29.4. The summed E-state index contributed by atoms with van der Waals surface area (Å²) in [5.41, 5.74) is 5.13. The molecule has 188 valence electrons. The number of hydrogen-bond donors (Lipinski definition) is 4. The zero-order valence-corrected chi connectivity index (χ0v) is 23.4. The van der Waals surface area contributed by atoms with Gasteiger partial charge in [0.05, 0.1) is 0 Å². The van der Waals surface area contributed by atoms with Gasteiger partial charge < -0.3 is 5.11 Å². The van der Waals surface area contributed by atoms with Crippen molar-refractivity contribution in [2.24, 2.45) is 0 Å². The van der Waals surface area contributed by atoms with Crippen molar-refractivity contribution in [1.29, 1.82) is 0 Å². The van der Waals surface area contributed by atoms with Gasteiger partial charge in [-0.25, -0.2) is 0 Å². The molecule has 3 heterocycles. The first kappa shape index (κ1) is 30.0. The number of aromatic amines is 3. The number of aromatic nitrogens is 6. The summed E-state index contributed by atoms with van der Waals surface area (Å²) >= 11 is 0. The Balaban J connectivity index is 0.000000194. The average molecular weight is 580 g/mol. The molecule has 0 radical (unpaired) electrons. The first-order chi connectivity index (χ1) is 18.1. The number of phenolic OH excluding ortho intramolecular Hbond substituents is 1. The minimum Gasteiger partial charge on any atom is -0.508 e. The Hall–Kier alpha value is -4.22. The monoisotopic (exact) mass is 578 g/mol. The van der Waals surface area contributed by atoms with Gasteiger partial charge in [0.1, 0.15) is 5.75 Å². The molecule has 3 aromatic heterocycles. The minimum atomic E-state index is 0. The molecule has 0 aliphatic carbocycles. The van der Waals surface area contributed by atoms with Crippen LogP contribution >= 0.6 is 0 Å². The van der Waals surface area contributed by atoms with Crippen molar-refractivity contribution < 1.29 is 31.3 Å². The van der Waals surface area contributed by atoms with Gasteiger partial charge in [-0.3, -0.25) is 15.3 Å². The van der Waals surface area contributed by atoms with Crippen molar-refractivity contribution in [2.45, 2.75) is 0 Å². The molecule has 6 aromatic rings. The van der Waals surface area contributed by atoms with Crippen LogP contribution in [0.15, 0.2) is 128 Å². The van der Waals surface area contributed by atoms with Gasteiger partial charge in [-0.1, -0.05) is 30.3 Å². The van der Waals surface area contributed by atoms with Crippen molar-refractivity contribution in [2.75, 3.05) is 0 Å². The molecule has 0 aliphatic rings. The molecule has 38 heavy (non-hydrogen) atoms. The fraction of sp³-hybridized carbons (Fsp3) is 0. The van der Waals surface area contributed by atoms with Crippen LogP contribution in [0.1, 0.15) is 11.1 Å². The number of H-pyrrole nitrogens is 3. The summed E-state index contributed by atoms with van der Waals surface area (Å²) < 4.78 is 0. The van der Waals surface area contributed by atoms with E-state index >= 15 is 0 Å². The molecule has 0 unspecified atom stereocenters. The molecule has 3 aromatic carbocycles. The van der Waals surface area contributed by atoms with E-state index in [9.17, 15) is 0 Å². The first-order valence-corrected chi connectivity index (χ1v) is 11.6. The van der Waals surface area contributed by atoms with Gasteiger partial charge in [0, 0.05) is 35.4 Å². The van der Waals surface area contributed by atoms with Gasteiger partial charge in [0.15, 0.2) is 0 Å². The Bertz CT molecular complexity index is 1160. The topological polar surface area (TPSA) is 106 Å². The van der Waals surface area contributed by atoms with E-state index in [4.69, 9.17) is 5.11 Å². The fourth-order valence-electron chi connectivity index (χ4n) is 3.17. The van der Waals surface area contributed by atoms with Gasteiger partial charge in [0.25, 0.3) is 0 Å². The molecule has 9 heteroatoms. The van der Waals surface area contributed by atoms with E-state index in [0.717, 1.165) is 27.9 Å². The minimum absolute atomic E-state index is 0. The van der Waals surface area contributed by atoms with Crippen LogP contribution in [0.3, 0.4) is 0 Å². The van der Waals surface area contributed by atoms with E-state index in [2.05, 4.69) is 44.4 Å². The Labute approximate surface area is 243 Å². The van der Waals surface area contributed by atoms with E-state index in [-0.39, 0.29) is 32.9 Å². The number of hydrogen-bond acceptors (Lipinski definition) is 4. The zero-order valence-electron chi connectivity index (χ0n) is 20.9. The van der Waals surface area contributed by atoms with Crippen LogP contribution in [0.25, 0.3) is 0 Å². The zero-order chi connectivity index (χ0) is 26.1. The number of aromatic hydroxyl groups is 1. The number of phenols is 1. The van der Waals surface area contributed by atoms with Crippen molar-refractivity contribution >= 4 is 23.5 Å². The maximum atomic E-state index is 8.63. The van der Waals surface area contributed by atoms with Gasteiger partial charge >= 0.3 is 32.9 Å². The van der Waals surface area contributed by atoms with Crippen LogP contribution in [0, 0.1) is 13.8 Å². The number of nitrogens with zero attached hydrogens (tertiary/aromatic N) is 3. The van der Waals surface area contributed by atoms with Crippen LogP contribution < -0.4 is 16.8 Å². The van der Waals surface area contributed by atoms with Crippen LogP contribution in [-0.2, 0) is 26.2 Å². The van der Waals surface area contributed by atoms with Gasteiger partial charge in [0.2, 0.25) is 0 Å². The normalized spacial score (nSPS) is 9.16. The molecule has 0 saturated carbocycles. The smallest absolute Gasteiger partial charge is 0.508 e. The molecule has 7 nitrogen and oxygen atoms in total. The number of benzene rings is 3. The average Bonchev–Trinajstić information content (AvgIpc) is 3.73. The van der Waals surface area contributed by atoms with Crippen LogP contribution in [-0.4, -0.2) is 42.4 Å². The Kier molecular flexibility index (Phi) is 13.6. The van der Waals surface area contributed by atoms with Crippen LogP contribution in [0.4, 0.5) is 0 Å². The quantitative estimate of drug-likeness (QED) is 0.190. The summed E-state index contributed by atoms with van der Waals surface area (Å²) in [7, 11) is 0. The molecule has 0 aliphatic heterocycles. The van der Waals surface area contributed by atoms with Crippen molar-refractivity contribution in [3.05, 3.63) is 153 Å². The predicted octanol–water partition coefficient (Wildman–Crippen LogP) is 3.50. The second kappa shape index (κ2) is 17.3. The van der Waals surface area contributed by atoms with Crippen LogP contribution in [0.5, 0.6) is 5.75 Å². The molecular formula is C29H29BN6OZr. The van der Waals surface area contributed by atoms with Gasteiger partial charge in [-0.05, 0) is 30.3 Å². The van der Waals surface area contributed by atoms with E-state index in [1.54, 1.807) is 42.9 Å². The number of nitrogens with one attached hydrogen (secondary N) is 3. The molecule has 0 fully saturated rings. The molecule has 0 spiro atoms. The van der Waals surface area contributed by atoms with Crippen molar-refractivity contribution in [3.8, 4) is 5.75 Å². The summed E-state index contributed by atoms with van der Waals surface area (Å²) in [5.74, 6) is 0.322. The predicted molar refractivity (Wildman–Crippen MR) is 150 cm³/mol. The Morgan fingerprint density at radius 3 is 1.00 bits per heavy atom. The maximum absolute atomic E-state index is 8.63. The van der Waals surface area contributed by atoms with E-state index in [1.807, 2.05) is 84.9 Å². The standard InChI is InChI=1S/C9H9BN6.2C7H7.C6H6O.Zr/c1-4-11-14-7(1)10(8-2-5-12-15-8)9-3-6-13-16-9;2*1-7-5-3-2-4-6-7;7-6-4-2-1-3-5-6;/h1-6H,(H,11,14)(H,12,15)(H,13,16);2*2-6H,1H2;1-5,7H;/q;2*-1;;+2. The molecule has 0 saturated heterocycles. The summed E-state index contributed by atoms with van der Waals surface area (Å²) in [4.78, 5) is 0. The number of rotatable bonds is 3.